The lowest BCUT2D eigenvalue weighted by Crippen LogP contribution is -2.59. The maximum absolute atomic E-state index is 12.3. The predicted octanol–water partition coefficient (Wildman–Crippen LogP) is 3.30. The molecule has 4 rings (SSSR count). The summed E-state index contributed by atoms with van der Waals surface area (Å²) in [5.74, 6) is 3.91. The van der Waals surface area contributed by atoms with Crippen LogP contribution in [0.3, 0.4) is 0 Å². The highest BCUT2D eigenvalue weighted by molar-refractivity contribution is 7.92. The van der Waals surface area contributed by atoms with E-state index in [1.807, 2.05) is 49.1 Å². The number of aromatic amines is 1. The fraction of sp³-hybridized carbons (Fsp3) is 0.375. The van der Waals surface area contributed by atoms with E-state index < -0.39 is 16.2 Å². The van der Waals surface area contributed by atoms with E-state index in [1.54, 1.807) is 18.3 Å². The first-order chi connectivity index (χ1) is 16.8. The Morgan fingerprint density at radius 1 is 1.23 bits per heavy atom. The highest BCUT2D eigenvalue weighted by atomic mass is 35.5. The van der Waals surface area contributed by atoms with Crippen molar-refractivity contribution in [2.75, 3.05) is 39.2 Å². The number of aromatic nitrogens is 2. The van der Waals surface area contributed by atoms with E-state index in [2.05, 4.69) is 30.8 Å². The molecule has 1 aliphatic heterocycles. The molecule has 0 bridgehead atoms. The van der Waals surface area contributed by atoms with Crippen LogP contribution in [0.5, 0.6) is 0 Å². The molecule has 1 fully saturated rings. The van der Waals surface area contributed by atoms with Gasteiger partial charge in [0.05, 0.1) is 5.75 Å². The Morgan fingerprint density at radius 3 is 2.74 bits per heavy atom. The fourth-order valence-corrected chi connectivity index (χ4v) is 5.57. The van der Waals surface area contributed by atoms with Gasteiger partial charge in [0.25, 0.3) is 0 Å². The molecule has 1 aliphatic rings. The Kier molecular flexibility index (Phi) is 7.66. The molecule has 1 atom stereocenters. The van der Waals surface area contributed by atoms with Gasteiger partial charge in [-0.3, -0.25) is 10.0 Å². The number of halogens is 1. The zero-order valence-electron chi connectivity index (χ0n) is 19.7. The summed E-state index contributed by atoms with van der Waals surface area (Å²) < 4.78 is 27.1. The molecule has 0 amide bonds. The SMILES string of the molecule is CC(C)NC1C(=C=O)N(c2cc3cc(NS(=O)(=O)CCCCl)ccc3[nH]2)CCN1c1ccccn1. The minimum absolute atomic E-state index is 0.0365. The summed E-state index contributed by atoms with van der Waals surface area (Å²) in [5, 5.41) is 4.28. The van der Waals surface area contributed by atoms with Gasteiger partial charge in [0, 0.05) is 47.8 Å². The molecule has 35 heavy (non-hydrogen) atoms. The number of piperazine rings is 1. The molecule has 2 aromatic heterocycles. The van der Waals surface area contributed by atoms with Crippen LogP contribution in [-0.2, 0) is 14.8 Å². The Hall–Kier alpha value is -3.04. The van der Waals surface area contributed by atoms with E-state index in [0.29, 0.717) is 30.9 Å². The van der Waals surface area contributed by atoms with Crippen molar-refractivity contribution in [3.63, 3.8) is 0 Å². The number of nitrogens with zero attached hydrogens (tertiary/aromatic N) is 3. The first-order valence-corrected chi connectivity index (χ1v) is 13.7. The van der Waals surface area contributed by atoms with Gasteiger partial charge in [0.15, 0.2) is 0 Å². The molecule has 186 valence electrons. The maximum atomic E-state index is 12.3. The Balaban J connectivity index is 1.63. The number of sulfonamides is 1. The third kappa shape index (κ3) is 5.79. The Bertz CT molecular complexity index is 1320. The minimum Gasteiger partial charge on any atom is -0.341 e. The summed E-state index contributed by atoms with van der Waals surface area (Å²) in [6.45, 7) is 5.23. The molecule has 11 heteroatoms. The number of benzene rings is 1. The van der Waals surface area contributed by atoms with Crippen LogP contribution in [0, 0.1) is 0 Å². The lowest BCUT2D eigenvalue weighted by atomic mass is 10.1. The van der Waals surface area contributed by atoms with Crippen LogP contribution in [0.25, 0.3) is 10.9 Å². The zero-order valence-corrected chi connectivity index (χ0v) is 21.2. The third-order valence-corrected chi connectivity index (χ3v) is 7.32. The number of fused-ring (bicyclic) bond motifs is 1. The molecule has 3 N–H and O–H groups in total. The standard InChI is InChI=1S/C24H29ClN6O3S/c1-17(2)27-24-21(16-32)30(11-12-31(24)22-6-3-4-10-26-22)23-15-18-14-19(7-8-20(18)28-23)29-35(33,34)13-5-9-25/h3-4,6-8,10,14-15,17,24,27-29H,5,9,11-13H2,1-2H3. The summed E-state index contributed by atoms with van der Waals surface area (Å²) >= 11 is 5.63. The second kappa shape index (κ2) is 10.7. The van der Waals surface area contributed by atoms with E-state index in [1.165, 1.54) is 0 Å². The molecule has 9 nitrogen and oxygen atoms in total. The molecule has 1 unspecified atom stereocenters. The summed E-state index contributed by atoms with van der Waals surface area (Å²) in [6.07, 6.45) is 1.70. The normalized spacial score (nSPS) is 16.7. The lowest BCUT2D eigenvalue weighted by molar-refractivity contribution is 0.448. The molecule has 3 heterocycles. The van der Waals surface area contributed by atoms with E-state index in [-0.39, 0.29) is 17.7 Å². The number of anilines is 3. The van der Waals surface area contributed by atoms with Gasteiger partial charge in [-0.15, -0.1) is 11.6 Å². The molecule has 1 saturated heterocycles. The number of carbonyl (C=O) groups excluding carboxylic acids is 1. The molecule has 0 spiro atoms. The summed E-state index contributed by atoms with van der Waals surface area (Å²) in [7, 11) is -3.47. The number of hydrogen-bond acceptors (Lipinski definition) is 7. The number of rotatable bonds is 9. The van der Waals surface area contributed by atoms with Crippen LogP contribution >= 0.6 is 11.6 Å². The van der Waals surface area contributed by atoms with Gasteiger partial charge in [0.2, 0.25) is 10.0 Å². The number of pyridine rings is 1. The highest BCUT2D eigenvalue weighted by Crippen LogP contribution is 2.31. The van der Waals surface area contributed by atoms with Crippen molar-refractivity contribution >= 4 is 55.8 Å². The molecule has 0 radical (unpaired) electrons. The molecule has 0 aliphatic carbocycles. The van der Waals surface area contributed by atoms with Crippen LogP contribution in [0.2, 0.25) is 0 Å². The van der Waals surface area contributed by atoms with Crippen molar-refractivity contribution in [2.24, 2.45) is 0 Å². The number of nitrogens with one attached hydrogen (secondary N) is 3. The van der Waals surface area contributed by atoms with E-state index >= 15 is 0 Å². The second-order valence-corrected chi connectivity index (χ2v) is 10.9. The number of H-pyrrole nitrogens is 1. The summed E-state index contributed by atoms with van der Waals surface area (Å²) in [6, 6.07) is 13.0. The van der Waals surface area contributed by atoms with Crippen molar-refractivity contribution in [1.29, 1.82) is 0 Å². The first kappa shape index (κ1) is 25.1. The van der Waals surface area contributed by atoms with Crippen molar-refractivity contribution < 1.29 is 13.2 Å². The van der Waals surface area contributed by atoms with Gasteiger partial charge >= 0.3 is 0 Å². The topological polar surface area (TPSA) is 110 Å². The van der Waals surface area contributed by atoms with Crippen LogP contribution in [0.1, 0.15) is 20.3 Å². The quantitative estimate of drug-likeness (QED) is 0.295. The largest absolute Gasteiger partial charge is 0.341 e. The number of alkyl halides is 1. The molecule has 0 saturated carbocycles. The Labute approximate surface area is 210 Å². The predicted molar refractivity (Wildman–Crippen MR) is 141 cm³/mol. The molecular weight excluding hydrogens is 488 g/mol. The number of hydrogen-bond donors (Lipinski definition) is 3. The maximum Gasteiger partial charge on any atom is 0.232 e. The average molecular weight is 517 g/mol. The zero-order chi connectivity index (χ0) is 25.0. The van der Waals surface area contributed by atoms with Crippen LogP contribution in [-0.4, -0.2) is 61.3 Å². The van der Waals surface area contributed by atoms with Crippen molar-refractivity contribution in [3.05, 3.63) is 54.4 Å². The first-order valence-electron chi connectivity index (χ1n) is 11.5. The average Bonchev–Trinajstić information content (AvgIpc) is 3.25. The second-order valence-electron chi connectivity index (χ2n) is 8.66. The van der Waals surface area contributed by atoms with Crippen molar-refractivity contribution in [1.82, 2.24) is 15.3 Å². The molecule has 1 aromatic carbocycles. The molecular formula is C24H29ClN6O3S. The summed E-state index contributed by atoms with van der Waals surface area (Å²) in [4.78, 5) is 24.0. The van der Waals surface area contributed by atoms with Gasteiger partial charge in [0.1, 0.15) is 29.4 Å². The van der Waals surface area contributed by atoms with Gasteiger partial charge < -0.3 is 14.8 Å². The Morgan fingerprint density at radius 2 is 2.06 bits per heavy atom. The fourth-order valence-electron chi connectivity index (χ4n) is 4.17. The monoisotopic (exact) mass is 516 g/mol. The van der Waals surface area contributed by atoms with Crippen molar-refractivity contribution in [3.8, 4) is 0 Å². The lowest BCUT2D eigenvalue weighted by Gasteiger charge is -2.43. The molecule has 3 aromatic rings. The summed E-state index contributed by atoms with van der Waals surface area (Å²) in [5.41, 5.74) is 1.75. The van der Waals surface area contributed by atoms with E-state index in [0.717, 1.165) is 22.5 Å². The smallest absolute Gasteiger partial charge is 0.232 e. The van der Waals surface area contributed by atoms with Gasteiger partial charge in [-0.25, -0.2) is 18.2 Å². The van der Waals surface area contributed by atoms with Gasteiger partial charge in [-0.1, -0.05) is 6.07 Å². The highest BCUT2D eigenvalue weighted by Gasteiger charge is 2.35. The van der Waals surface area contributed by atoms with Crippen molar-refractivity contribution in [2.45, 2.75) is 32.5 Å². The van der Waals surface area contributed by atoms with Gasteiger partial charge in [-0.2, -0.15) is 0 Å². The van der Waals surface area contributed by atoms with E-state index in [4.69, 9.17) is 11.6 Å². The van der Waals surface area contributed by atoms with Crippen LogP contribution < -0.4 is 19.8 Å². The van der Waals surface area contributed by atoms with E-state index in [9.17, 15) is 13.2 Å². The van der Waals surface area contributed by atoms with Crippen LogP contribution in [0.15, 0.2) is 54.4 Å². The van der Waals surface area contributed by atoms with Crippen LogP contribution in [0.4, 0.5) is 17.3 Å². The third-order valence-electron chi connectivity index (χ3n) is 5.68. The minimum atomic E-state index is -3.47. The van der Waals surface area contributed by atoms with Gasteiger partial charge in [-0.05, 0) is 56.7 Å².